The van der Waals surface area contributed by atoms with Crippen LogP contribution in [0.5, 0.6) is 0 Å². The fourth-order valence-electron chi connectivity index (χ4n) is 1.17. The van der Waals surface area contributed by atoms with Gasteiger partial charge in [-0.2, -0.15) is 5.26 Å². The van der Waals surface area contributed by atoms with Gasteiger partial charge in [-0.3, -0.25) is 0 Å². The normalized spacial score (nSPS) is 9.85. The second-order valence-electron chi connectivity index (χ2n) is 2.67. The number of pyridine rings is 1. The number of nitriles is 1. The molecule has 0 atom stereocenters. The van der Waals surface area contributed by atoms with Crippen LogP contribution in [0.25, 0.3) is 10.8 Å². The first-order valence-corrected chi connectivity index (χ1v) is 4.83. The number of halogens is 1. The molecule has 0 unspecified atom stereocenters. The fourth-order valence-corrected chi connectivity index (χ4v) is 1.69. The third kappa shape index (κ3) is 1.63. The summed E-state index contributed by atoms with van der Waals surface area (Å²) in [6.07, 6.45) is 1.73. The van der Waals surface area contributed by atoms with Gasteiger partial charge < -0.3 is 0 Å². The Morgan fingerprint density at radius 2 is 2.08 bits per heavy atom. The first-order chi connectivity index (χ1) is 6.29. The van der Waals surface area contributed by atoms with Crippen molar-refractivity contribution in [3.8, 4) is 6.07 Å². The van der Waals surface area contributed by atoms with Gasteiger partial charge in [-0.05, 0) is 46.2 Å². The summed E-state index contributed by atoms with van der Waals surface area (Å²) in [5.41, 5.74) is 0.467. The van der Waals surface area contributed by atoms with Crippen LogP contribution in [0.2, 0.25) is 0 Å². The lowest BCUT2D eigenvalue weighted by atomic mass is 10.1. The molecule has 0 saturated heterocycles. The van der Waals surface area contributed by atoms with Gasteiger partial charge in [-0.25, -0.2) is 4.98 Å². The number of hydrogen-bond acceptors (Lipinski definition) is 2. The van der Waals surface area contributed by atoms with Gasteiger partial charge in [0.05, 0.1) is 0 Å². The Morgan fingerprint density at radius 1 is 1.23 bits per heavy atom. The highest BCUT2D eigenvalue weighted by Gasteiger charge is 1.96. The van der Waals surface area contributed by atoms with Crippen molar-refractivity contribution < 1.29 is 0 Å². The van der Waals surface area contributed by atoms with Crippen molar-refractivity contribution >= 4 is 33.4 Å². The SMILES string of the molecule is N#Cc1cc2cc(I)ccc2cn1. The van der Waals surface area contributed by atoms with Crippen molar-refractivity contribution in [3.05, 3.63) is 39.7 Å². The zero-order valence-electron chi connectivity index (χ0n) is 6.66. The van der Waals surface area contributed by atoms with Crippen molar-refractivity contribution in [3.63, 3.8) is 0 Å². The summed E-state index contributed by atoms with van der Waals surface area (Å²) in [5, 5.41) is 10.8. The fraction of sp³-hybridized carbons (Fsp3) is 0. The summed E-state index contributed by atoms with van der Waals surface area (Å²) in [6.45, 7) is 0. The van der Waals surface area contributed by atoms with Gasteiger partial charge in [-0.1, -0.05) is 6.07 Å². The average Bonchev–Trinajstić information content (AvgIpc) is 2.16. The Balaban J connectivity index is 2.77. The molecule has 1 aromatic carbocycles. The molecule has 13 heavy (non-hydrogen) atoms. The van der Waals surface area contributed by atoms with Crippen LogP contribution in [0.4, 0.5) is 0 Å². The number of rotatable bonds is 0. The van der Waals surface area contributed by atoms with Crippen LogP contribution < -0.4 is 0 Å². The minimum Gasteiger partial charge on any atom is -0.245 e. The van der Waals surface area contributed by atoms with E-state index >= 15 is 0 Å². The zero-order chi connectivity index (χ0) is 9.26. The lowest BCUT2D eigenvalue weighted by Crippen LogP contribution is -1.82. The minimum absolute atomic E-state index is 0.467. The van der Waals surface area contributed by atoms with Gasteiger partial charge >= 0.3 is 0 Å². The number of nitrogens with zero attached hydrogens (tertiary/aromatic N) is 2. The summed E-state index contributed by atoms with van der Waals surface area (Å²) in [5.74, 6) is 0. The van der Waals surface area contributed by atoms with E-state index in [0.29, 0.717) is 5.69 Å². The molecule has 2 aromatic rings. The largest absolute Gasteiger partial charge is 0.245 e. The molecular weight excluding hydrogens is 275 g/mol. The molecule has 2 nitrogen and oxygen atoms in total. The molecule has 0 fully saturated rings. The van der Waals surface area contributed by atoms with E-state index in [4.69, 9.17) is 5.26 Å². The van der Waals surface area contributed by atoms with Gasteiger partial charge in [0.25, 0.3) is 0 Å². The number of benzene rings is 1. The van der Waals surface area contributed by atoms with E-state index in [1.54, 1.807) is 12.3 Å². The molecule has 62 valence electrons. The zero-order valence-corrected chi connectivity index (χ0v) is 8.82. The lowest BCUT2D eigenvalue weighted by Gasteiger charge is -1.97. The number of hydrogen-bond donors (Lipinski definition) is 0. The highest BCUT2D eigenvalue weighted by Crippen LogP contribution is 2.16. The molecule has 0 N–H and O–H groups in total. The van der Waals surface area contributed by atoms with E-state index in [2.05, 4.69) is 27.6 Å². The maximum Gasteiger partial charge on any atom is 0.141 e. The predicted molar refractivity (Wildman–Crippen MR) is 59.2 cm³/mol. The molecule has 3 heteroatoms. The molecule has 0 amide bonds. The van der Waals surface area contributed by atoms with Gasteiger partial charge in [-0.15, -0.1) is 0 Å². The topological polar surface area (TPSA) is 36.7 Å². The predicted octanol–water partition coefficient (Wildman–Crippen LogP) is 2.71. The highest BCUT2D eigenvalue weighted by atomic mass is 127. The maximum absolute atomic E-state index is 8.65. The number of aromatic nitrogens is 1. The van der Waals surface area contributed by atoms with Crippen LogP contribution in [0.3, 0.4) is 0 Å². The highest BCUT2D eigenvalue weighted by molar-refractivity contribution is 14.1. The quantitative estimate of drug-likeness (QED) is 0.696. The van der Waals surface area contributed by atoms with E-state index in [0.717, 1.165) is 10.8 Å². The average molecular weight is 280 g/mol. The third-order valence-corrected chi connectivity index (χ3v) is 2.47. The minimum atomic E-state index is 0.467. The molecular formula is C10H5IN2. The lowest BCUT2D eigenvalue weighted by molar-refractivity contribution is 1.29. The van der Waals surface area contributed by atoms with Crippen LogP contribution in [-0.4, -0.2) is 4.98 Å². The molecule has 0 radical (unpaired) electrons. The second-order valence-corrected chi connectivity index (χ2v) is 3.92. The van der Waals surface area contributed by atoms with Crippen molar-refractivity contribution in [2.75, 3.05) is 0 Å². The Hall–Kier alpha value is -1.15. The van der Waals surface area contributed by atoms with Crippen molar-refractivity contribution in [1.82, 2.24) is 4.98 Å². The van der Waals surface area contributed by atoms with Gasteiger partial charge in [0.2, 0.25) is 0 Å². The first kappa shape index (κ1) is 8.45. The van der Waals surface area contributed by atoms with E-state index in [1.807, 2.05) is 24.3 Å². The van der Waals surface area contributed by atoms with Gasteiger partial charge in [0, 0.05) is 15.2 Å². The summed E-state index contributed by atoms with van der Waals surface area (Å²) in [7, 11) is 0. The van der Waals surface area contributed by atoms with Crippen molar-refractivity contribution in [2.24, 2.45) is 0 Å². The Labute approximate surface area is 89.4 Å². The van der Waals surface area contributed by atoms with E-state index < -0.39 is 0 Å². The molecule has 0 aliphatic rings. The Kier molecular flexibility index (Phi) is 2.15. The second kappa shape index (κ2) is 3.30. The smallest absolute Gasteiger partial charge is 0.141 e. The first-order valence-electron chi connectivity index (χ1n) is 3.75. The molecule has 0 spiro atoms. The van der Waals surface area contributed by atoms with Crippen LogP contribution in [0.1, 0.15) is 5.69 Å². The van der Waals surface area contributed by atoms with Crippen LogP contribution >= 0.6 is 22.6 Å². The summed E-state index contributed by atoms with van der Waals surface area (Å²) < 4.78 is 1.17. The van der Waals surface area contributed by atoms with Crippen LogP contribution in [-0.2, 0) is 0 Å². The molecule has 1 heterocycles. The van der Waals surface area contributed by atoms with Crippen LogP contribution in [0.15, 0.2) is 30.5 Å². The molecule has 0 aliphatic carbocycles. The molecule has 0 saturated carbocycles. The van der Waals surface area contributed by atoms with Crippen molar-refractivity contribution in [1.29, 1.82) is 5.26 Å². The third-order valence-electron chi connectivity index (χ3n) is 1.80. The van der Waals surface area contributed by atoms with Gasteiger partial charge in [0.15, 0.2) is 0 Å². The molecule has 0 bridgehead atoms. The Morgan fingerprint density at radius 3 is 2.85 bits per heavy atom. The standard InChI is InChI=1S/C10H5IN2/c11-9-2-1-7-6-13-10(5-12)4-8(7)3-9/h1-4,6H. The summed E-state index contributed by atoms with van der Waals surface area (Å²) in [4.78, 5) is 3.99. The summed E-state index contributed by atoms with van der Waals surface area (Å²) >= 11 is 2.25. The molecule has 1 aromatic heterocycles. The van der Waals surface area contributed by atoms with Gasteiger partial charge in [0.1, 0.15) is 11.8 Å². The molecule has 2 rings (SSSR count). The van der Waals surface area contributed by atoms with E-state index in [9.17, 15) is 0 Å². The Bertz CT molecular complexity index is 500. The molecule has 0 aliphatic heterocycles. The van der Waals surface area contributed by atoms with E-state index in [-0.39, 0.29) is 0 Å². The van der Waals surface area contributed by atoms with Crippen molar-refractivity contribution in [2.45, 2.75) is 0 Å². The monoisotopic (exact) mass is 280 g/mol. The van der Waals surface area contributed by atoms with E-state index in [1.165, 1.54) is 3.57 Å². The summed E-state index contributed by atoms with van der Waals surface area (Å²) in [6, 6.07) is 9.90. The maximum atomic E-state index is 8.65. The van der Waals surface area contributed by atoms with Crippen LogP contribution in [0, 0.1) is 14.9 Å². The number of fused-ring (bicyclic) bond motifs is 1.